The monoisotopic (exact) mass is 257 g/mol. The van der Waals surface area contributed by atoms with E-state index in [1.54, 1.807) is 12.1 Å². The molecule has 17 heavy (non-hydrogen) atoms. The first kappa shape index (κ1) is 13.8. The number of ether oxygens (including phenoxy) is 1. The number of halogens is 1. The average Bonchev–Trinajstić information content (AvgIpc) is 2.23. The van der Waals surface area contributed by atoms with Crippen molar-refractivity contribution in [2.45, 2.75) is 26.7 Å². The second-order valence-electron chi connectivity index (χ2n) is 4.23. The fourth-order valence-electron chi connectivity index (χ4n) is 1.46. The standard InChI is InChI=1S/C12H16ClNO3/c1-9(2)5-4-8-17-11-7-3-6-10(13)12(11)14(15)16/h3,6-7,9H,4-5,8H2,1-2H3. The highest BCUT2D eigenvalue weighted by molar-refractivity contribution is 6.32. The number of para-hydroxylation sites is 1. The number of rotatable bonds is 6. The molecular weight excluding hydrogens is 242 g/mol. The van der Waals surface area contributed by atoms with Gasteiger partial charge in [-0.3, -0.25) is 10.1 Å². The lowest BCUT2D eigenvalue weighted by molar-refractivity contribution is -0.385. The van der Waals surface area contributed by atoms with E-state index in [0.717, 1.165) is 12.8 Å². The molecular formula is C12H16ClNO3. The molecule has 0 amide bonds. The Balaban J connectivity index is 2.64. The van der Waals surface area contributed by atoms with E-state index in [1.807, 2.05) is 0 Å². The minimum Gasteiger partial charge on any atom is -0.487 e. The van der Waals surface area contributed by atoms with Crippen LogP contribution in [0.4, 0.5) is 5.69 Å². The fourth-order valence-corrected chi connectivity index (χ4v) is 1.70. The van der Waals surface area contributed by atoms with Gasteiger partial charge >= 0.3 is 5.69 Å². The second kappa shape index (κ2) is 6.45. The molecule has 0 spiro atoms. The topological polar surface area (TPSA) is 52.4 Å². The van der Waals surface area contributed by atoms with Crippen LogP contribution in [0.25, 0.3) is 0 Å². The van der Waals surface area contributed by atoms with Gasteiger partial charge in [-0.15, -0.1) is 0 Å². The Morgan fingerprint density at radius 1 is 1.47 bits per heavy atom. The summed E-state index contributed by atoms with van der Waals surface area (Å²) in [6, 6.07) is 4.70. The van der Waals surface area contributed by atoms with Crippen LogP contribution in [0.1, 0.15) is 26.7 Å². The van der Waals surface area contributed by atoms with Crippen molar-refractivity contribution < 1.29 is 9.66 Å². The van der Waals surface area contributed by atoms with E-state index in [0.29, 0.717) is 12.5 Å². The van der Waals surface area contributed by atoms with Gasteiger partial charge in [0.05, 0.1) is 11.5 Å². The molecule has 0 atom stereocenters. The highest BCUT2D eigenvalue weighted by Gasteiger charge is 2.19. The van der Waals surface area contributed by atoms with Gasteiger partial charge < -0.3 is 4.74 Å². The predicted molar refractivity (Wildman–Crippen MR) is 67.7 cm³/mol. The van der Waals surface area contributed by atoms with Crippen molar-refractivity contribution in [2.24, 2.45) is 5.92 Å². The summed E-state index contributed by atoms with van der Waals surface area (Å²) >= 11 is 5.77. The zero-order chi connectivity index (χ0) is 12.8. The van der Waals surface area contributed by atoms with E-state index in [-0.39, 0.29) is 16.5 Å². The van der Waals surface area contributed by atoms with Crippen LogP contribution >= 0.6 is 11.6 Å². The molecule has 0 radical (unpaired) electrons. The van der Waals surface area contributed by atoms with Crippen LogP contribution in [0.15, 0.2) is 18.2 Å². The molecule has 0 fully saturated rings. The molecule has 0 N–H and O–H groups in total. The van der Waals surface area contributed by atoms with Crippen molar-refractivity contribution in [3.05, 3.63) is 33.3 Å². The number of nitro groups is 1. The maximum atomic E-state index is 10.8. The molecule has 0 aliphatic rings. The van der Waals surface area contributed by atoms with E-state index in [4.69, 9.17) is 16.3 Å². The quantitative estimate of drug-likeness (QED) is 0.439. The van der Waals surface area contributed by atoms with Crippen molar-refractivity contribution in [2.75, 3.05) is 6.61 Å². The lowest BCUT2D eigenvalue weighted by Gasteiger charge is -2.08. The zero-order valence-corrected chi connectivity index (χ0v) is 10.7. The smallest absolute Gasteiger partial charge is 0.329 e. The van der Waals surface area contributed by atoms with Gasteiger partial charge in [0.1, 0.15) is 5.02 Å². The number of hydrogen-bond donors (Lipinski definition) is 0. The number of hydrogen-bond acceptors (Lipinski definition) is 3. The van der Waals surface area contributed by atoms with Gasteiger partial charge in [0.25, 0.3) is 0 Å². The van der Waals surface area contributed by atoms with Crippen LogP contribution in [0, 0.1) is 16.0 Å². The van der Waals surface area contributed by atoms with Crippen LogP contribution in [0.3, 0.4) is 0 Å². The van der Waals surface area contributed by atoms with E-state index < -0.39 is 4.92 Å². The van der Waals surface area contributed by atoms with Crippen molar-refractivity contribution in [1.29, 1.82) is 0 Å². The number of nitro benzene ring substituents is 1. The molecule has 0 unspecified atom stereocenters. The Labute approximate surface area is 106 Å². The first-order valence-electron chi connectivity index (χ1n) is 5.58. The zero-order valence-electron chi connectivity index (χ0n) is 9.98. The number of nitrogens with zero attached hydrogens (tertiary/aromatic N) is 1. The van der Waals surface area contributed by atoms with Crippen molar-refractivity contribution in [3.8, 4) is 5.75 Å². The van der Waals surface area contributed by atoms with Crippen molar-refractivity contribution >= 4 is 17.3 Å². The third-order valence-corrected chi connectivity index (χ3v) is 2.62. The maximum absolute atomic E-state index is 10.8. The van der Waals surface area contributed by atoms with E-state index in [2.05, 4.69) is 13.8 Å². The first-order chi connectivity index (χ1) is 8.02. The summed E-state index contributed by atoms with van der Waals surface area (Å²) < 4.78 is 5.40. The molecule has 0 aliphatic carbocycles. The van der Waals surface area contributed by atoms with Gasteiger partial charge in [0.2, 0.25) is 0 Å². The highest BCUT2D eigenvalue weighted by atomic mass is 35.5. The molecule has 5 heteroatoms. The summed E-state index contributed by atoms with van der Waals surface area (Å²) in [7, 11) is 0. The average molecular weight is 258 g/mol. The molecule has 1 aromatic carbocycles. The molecule has 0 aliphatic heterocycles. The van der Waals surface area contributed by atoms with Crippen molar-refractivity contribution in [3.63, 3.8) is 0 Å². The number of benzene rings is 1. The minimum absolute atomic E-state index is 0.108. The Bertz CT molecular complexity index is 393. The predicted octanol–water partition coefficient (Wildman–Crippen LogP) is 4.06. The van der Waals surface area contributed by atoms with Gasteiger partial charge in [-0.1, -0.05) is 31.5 Å². The van der Waals surface area contributed by atoms with Gasteiger partial charge in [-0.05, 0) is 30.9 Å². The van der Waals surface area contributed by atoms with E-state index >= 15 is 0 Å². The lowest BCUT2D eigenvalue weighted by Crippen LogP contribution is -2.02. The summed E-state index contributed by atoms with van der Waals surface area (Å²) in [6.45, 7) is 4.73. The highest BCUT2D eigenvalue weighted by Crippen LogP contribution is 2.34. The maximum Gasteiger partial charge on any atom is 0.329 e. The molecule has 0 saturated carbocycles. The van der Waals surface area contributed by atoms with Crippen LogP contribution in [0.2, 0.25) is 5.02 Å². The molecule has 0 bridgehead atoms. The molecule has 0 heterocycles. The molecule has 0 aromatic heterocycles. The fraction of sp³-hybridized carbons (Fsp3) is 0.500. The summed E-state index contributed by atoms with van der Waals surface area (Å²) in [6.07, 6.45) is 1.91. The molecule has 0 saturated heterocycles. The van der Waals surface area contributed by atoms with Crippen LogP contribution in [-0.2, 0) is 0 Å². The van der Waals surface area contributed by atoms with Crippen LogP contribution in [0.5, 0.6) is 5.75 Å². The molecule has 1 aromatic rings. The van der Waals surface area contributed by atoms with Crippen molar-refractivity contribution in [1.82, 2.24) is 0 Å². The van der Waals surface area contributed by atoms with Gasteiger partial charge in [-0.2, -0.15) is 0 Å². The normalized spacial score (nSPS) is 10.6. The Hall–Kier alpha value is -1.29. The Morgan fingerprint density at radius 2 is 2.18 bits per heavy atom. The van der Waals surface area contributed by atoms with Gasteiger partial charge in [-0.25, -0.2) is 0 Å². The molecule has 4 nitrogen and oxygen atoms in total. The summed E-state index contributed by atoms with van der Waals surface area (Å²) in [5.41, 5.74) is -0.154. The summed E-state index contributed by atoms with van der Waals surface area (Å²) in [5, 5.41) is 10.9. The van der Waals surface area contributed by atoms with Crippen LogP contribution in [-0.4, -0.2) is 11.5 Å². The van der Waals surface area contributed by atoms with Gasteiger partial charge in [0.15, 0.2) is 5.75 Å². The molecule has 94 valence electrons. The Kier molecular flexibility index (Phi) is 5.22. The third-order valence-electron chi connectivity index (χ3n) is 2.32. The van der Waals surface area contributed by atoms with Crippen LogP contribution < -0.4 is 4.74 Å². The largest absolute Gasteiger partial charge is 0.487 e. The third kappa shape index (κ3) is 4.23. The lowest BCUT2D eigenvalue weighted by atomic mass is 10.1. The summed E-state index contributed by atoms with van der Waals surface area (Å²) in [5.74, 6) is 0.846. The first-order valence-corrected chi connectivity index (χ1v) is 5.96. The Morgan fingerprint density at radius 3 is 2.76 bits per heavy atom. The van der Waals surface area contributed by atoms with E-state index in [9.17, 15) is 10.1 Å². The van der Waals surface area contributed by atoms with Gasteiger partial charge in [0, 0.05) is 0 Å². The second-order valence-corrected chi connectivity index (χ2v) is 4.64. The minimum atomic E-state index is -0.514. The molecule has 1 rings (SSSR count). The SMILES string of the molecule is CC(C)CCCOc1cccc(Cl)c1[N+](=O)[O-]. The summed E-state index contributed by atoms with van der Waals surface area (Å²) in [4.78, 5) is 10.3. The van der Waals surface area contributed by atoms with E-state index in [1.165, 1.54) is 6.07 Å².